The smallest absolute Gasteiger partial charge is 0.328 e. The fourth-order valence-electron chi connectivity index (χ4n) is 1.96. The van der Waals surface area contributed by atoms with Crippen molar-refractivity contribution in [3.05, 3.63) is 35.7 Å². The van der Waals surface area contributed by atoms with Crippen molar-refractivity contribution in [2.24, 2.45) is 0 Å². The summed E-state index contributed by atoms with van der Waals surface area (Å²) in [7, 11) is 0. The summed E-state index contributed by atoms with van der Waals surface area (Å²) < 4.78 is 0. The van der Waals surface area contributed by atoms with E-state index in [-0.39, 0.29) is 5.91 Å². The molecule has 5 heteroatoms. The molecule has 5 nitrogen and oxygen atoms in total. The van der Waals surface area contributed by atoms with Gasteiger partial charge in [0.05, 0.1) is 0 Å². The van der Waals surface area contributed by atoms with Crippen molar-refractivity contribution in [2.75, 3.05) is 13.1 Å². The van der Waals surface area contributed by atoms with Crippen molar-refractivity contribution in [1.29, 1.82) is 0 Å². The topological polar surface area (TPSA) is 70.5 Å². The molecule has 1 N–H and O–H groups in total. The number of amides is 1. The van der Waals surface area contributed by atoms with Gasteiger partial charge in [-0.05, 0) is 25.0 Å². The predicted molar refractivity (Wildman–Crippen MR) is 66.0 cm³/mol. The van der Waals surface area contributed by atoms with Crippen LogP contribution >= 0.6 is 0 Å². The molecule has 0 atom stereocenters. The third kappa shape index (κ3) is 2.74. The first kappa shape index (κ1) is 12.3. The van der Waals surface area contributed by atoms with Crippen LogP contribution in [-0.2, 0) is 4.79 Å². The Kier molecular flexibility index (Phi) is 3.72. The zero-order valence-corrected chi connectivity index (χ0v) is 9.87. The Morgan fingerprint density at radius 3 is 2.72 bits per heavy atom. The number of carboxylic acids is 1. The molecular formula is C13H14N2O3. The summed E-state index contributed by atoms with van der Waals surface area (Å²) >= 11 is 0. The lowest BCUT2D eigenvalue weighted by molar-refractivity contribution is -0.131. The zero-order chi connectivity index (χ0) is 13.0. The van der Waals surface area contributed by atoms with Gasteiger partial charge in [0.2, 0.25) is 0 Å². The van der Waals surface area contributed by atoms with Crippen LogP contribution in [0.2, 0.25) is 0 Å². The van der Waals surface area contributed by atoms with Crippen LogP contribution in [0.5, 0.6) is 0 Å². The third-order valence-electron chi connectivity index (χ3n) is 2.84. The van der Waals surface area contributed by atoms with E-state index in [4.69, 9.17) is 5.11 Å². The molecule has 0 aromatic carbocycles. The van der Waals surface area contributed by atoms with Crippen LogP contribution < -0.4 is 0 Å². The van der Waals surface area contributed by atoms with Gasteiger partial charge < -0.3 is 10.0 Å². The van der Waals surface area contributed by atoms with E-state index in [0.717, 1.165) is 32.0 Å². The highest BCUT2D eigenvalue weighted by Crippen LogP contribution is 2.15. The van der Waals surface area contributed by atoms with E-state index in [9.17, 15) is 9.59 Å². The zero-order valence-electron chi connectivity index (χ0n) is 9.87. The lowest BCUT2D eigenvalue weighted by atomic mass is 10.1. The molecular weight excluding hydrogens is 232 g/mol. The molecule has 1 aliphatic heterocycles. The van der Waals surface area contributed by atoms with Crippen molar-refractivity contribution in [3.8, 4) is 0 Å². The molecule has 0 aliphatic carbocycles. The van der Waals surface area contributed by atoms with E-state index in [1.807, 2.05) is 0 Å². The van der Waals surface area contributed by atoms with Crippen molar-refractivity contribution < 1.29 is 14.7 Å². The number of nitrogens with zero attached hydrogens (tertiary/aromatic N) is 2. The molecule has 0 unspecified atom stereocenters. The summed E-state index contributed by atoms with van der Waals surface area (Å²) in [5.41, 5.74) is 0.855. The highest BCUT2D eigenvalue weighted by atomic mass is 16.4. The lowest BCUT2D eigenvalue weighted by Crippen LogP contribution is -2.29. The Bertz CT molecular complexity index is 491. The minimum atomic E-state index is -1.04. The van der Waals surface area contributed by atoms with Gasteiger partial charge in [-0.15, -0.1) is 0 Å². The van der Waals surface area contributed by atoms with Gasteiger partial charge in [0, 0.05) is 30.9 Å². The molecule has 0 saturated carbocycles. The van der Waals surface area contributed by atoms with E-state index in [0.29, 0.717) is 11.3 Å². The van der Waals surface area contributed by atoms with Gasteiger partial charge in [0.1, 0.15) is 5.69 Å². The van der Waals surface area contributed by atoms with E-state index in [1.165, 1.54) is 6.08 Å². The fraction of sp³-hybridized carbons (Fsp3) is 0.308. The molecule has 0 radical (unpaired) electrons. The Hall–Kier alpha value is -2.17. The van der Waals surface area contributed by atoms with Crippen LogP contribution in [0.1, 0.15) is 28.9 Å². The quantitative estimate of drug-likeness (QED) is 0.819. The Morgan fingerprint density at radius 2 is 2.06 bits per heavy atom. The highest BCUT2D eigenvalue weighted by Gasteiger charge is 2.22. The van der Waals surface area contributed by atoms with Gasteiger partial charge in [-0.2, -0.15) is 0 Å². The molecule has 18 heavy (non-hydrogen) atoms. The van der Waals surface area contributed by atoms with Crippen LogP contribution in [0, 0.1) is 0 Å². The number of likely N-dealkylation sites (tertiary alicyclic amines) is 1. The summed E-state index contributed by atoms with van der Waals surface area (Å²) in [6, 6.07) is 3.37. The van der Waals surface area contributed by atoms with Crippen molar-refractivity contribution >= 4 is 18.0 Å². The molecule has 1 aliphatic rings. The number of rotatable bonds is 3. The summed E-state index contributed by atoms with van der Waals surface area (Å²) in [6.45, 7) is 1.50. The number of pyridine rings is 1. The van der Waals surface area contributed by atoms with Crippen molar-refractivity contribution in [3.63, 3.8) is 0 Å². The largest absolute Gasteiger partial charge is 0.478 e. The number of carboxylic acid groups (broad SMARTS) is 1. The molecule has 1 aromatic rings. The van der Waals surface area contributed by atoms with Crippen LogP contribution in [0.4, 0.5) is 0 Å². The highest BCUT2D eigenvalue weighted by molar-refractivity contribution is 5.97. The normalized spacial score (nSPS) is 15.2. The first-order valence-corrected chi connectivity index (χ1v) is 5.84. The van der Waals surface area contributed by atoms with Crippen LogP contribution in [0.15, 0.2) is 24.4 Å². The maximum absolute atomic E-state index is 12.2. The van der Waals surface area contributed by atoms with Gasteiger partial charge in [-0.1, -0.05) is 6.07 Å². The molecule has 2 heterocycles. The van der Waals surface area contributed by atoms with Crippen molar-refractivity contribution in [1.82, 2.24) is 9.88 Å². The summed E-state index contributed by atoms with van der Waals surface area (Å²) in [5, 5.41) is 8.61. The summed E-state index contributed by atoms with van der Waals surface area (Å²) in [6.07, 6.45) is 5.98. The number of hydrogen-bond donors (Lipinski definition) is 1. The maximum atomic E-state index is 12.2. The minimum absolute atomic E-state index is 0.127. The fourth-order valence-corrected chi connectivity index (χ4v) is 1.96. The number of carbonyl (C=O) groups excluding carboxylic acids is 1. The average molecular weight is 246 g/mol. The van der Waals surface area contributed by atoms with Crippen molar-refractivity contribution in [2.45, 2.75) is 12.8 Å². The standard InChI is InChI=1S/C13H14N2O3/c16-11(17)6-5-10-4-3-7-14-12(10)13(18)15-8-1-2-9-15/h3-7H,1-2,8-9H2,(H,16,17)/b6-5+. The van der Waals surface area contributed by atoms with E-state index < -0.39 is 5.97 Å². The first-order valence-electron chi connectivity index (χ1n) is 5.84. The lowest BCUT2D eigenvalue weighted by Gasteiger charge is -2.15. The second-order valence-electron chi connectivity index (χ2n) is 4.11. The molecule has 1 aromatic heterocycles. The second kappa shape index (κ2) is 5.44. The minimum Gasteiger partial charge on any atom is -0.478 e. The summed E-state index contributed by atoms with van der Waals surface area (Å²) in [5.74, 6) is -1.17. The van der Waals surface area contributed by atoms with Gasteiger partial charge in [-0.25, -0.2) is 4.79 Å². The number of aliphatic carboxylic acids is 1. The van der Waals surface area contributed by atoms with E-state index in [2.05, 4.69) is 4.98 Å². The Morgan fingerprint density at radius 1 is 1.33 bits per heavy atom. The molecule has 1 amide bonds. The second-order valence-corrected chi connectivity index (χ2v) is 4.11. The first-order chi connectivity index (χ1) is 8.68. The monoisotopic (exact) mass is 246 g/mol. The van der Waals surface area contributed by atoms with Crippen LogP contribution in [-0.4, -0.2) is 40.0 Å². The molecule has 94 valence electrons. The number of hydrogen-bond acceptors (Lipinski definition) is 3. The molecule has 0 bridgehead atoms. The molecule has 2 rings (SSSR count). The molecule has 1 saturated heterocycles. The van der Waals surface area contributed by atoms with Gasteiger partial charge >= 0.3 is 5.97 Å². The van der Waals surface area contributed by atoms with E-state index in [1.54, 1.807) is 23.2 Å². The van der Waals surface area contributed by atoms with E-state index >= 15 is 0 Å². The van der Waals surface area contributed by atoms with Crippen LogP contribution in [0.25, 0.3) is 6.08 Å². The Labute approximate surface area is 105 Å². The Balaban J connectivity index is 2.26. The van der Waals surface area contributed by atoms with Crippen LogP contribution in [0.3, 0.4) is 0 Å². The van der Waals surface area contributed by atoms with Gasteiger partial charge in [0.15, 0.2) is 0 Å². The molecule has 0 spiro atoms. The third-order valence-corrected chi connectivity index (χ3v) is 2.84. The van der Waals surface area contributed by atoms with Gasteiger partial charge in [0.25, 0.3) is 5.91 Å². The maximum Gasteiger partial charge on any atom is 0.328 e. The number of aromatic nitrogens is 1. The summed E-state index contributed by atoms with van der Waals surface area (Å²) in [4.78, 5) is 28.5. The average Bonchev–Trinajstić information content (AvgIpc) is 2.89. The number of carbonyl (C=O) groups is 2. The molecule has 1 fully saturated rings. The van der Waals surface area contributed by atoms with Gasteiger partial charge in [-0.3, -0.25) is 9.78 Å². The predicted octanol–water partition coefficient (Wildman–Crippen LogP) is 1.42. The SMILES string of the molecule is O=C(O)/C=C/c1cccnc1C(=O)N1CCCC1.